The van der Waals surface area contributed by atoms with Gasteiger partial charge in [0.05, 0.1) is 6.07 Å². The molecular formula is C12H15N. The molecule has 1 heteroatoms. The van der Waals surface area contributed by atoms with Crippen LogP contribution >= 0.6 is 0 Å². The van der Waals surface area contributed by atoms with Gasteiger partial charge in [0.2, 0.25) is 0 Å². The minimum absolute atomic E-state index is 0.686. The standard InChI is InChI=1S/C12H15N/c1-11-6-8-12(9-7-11)5-3-2-4-10-13/h6-9H,2-5H2,1H3. The zero-order chi connectivity index (χ0) is 9.52. The maximum atomic E-state index is 8.35. The first-order valence-electron chi connectivity index (χ1n) is 4.75. The first kappa shape index (κ1) is 9.80. The number of nitrogens with zero attached hydrogens (tertiary/aromatic N) is 1. The highest BCUT2D eigenvalue weighted by Crippen LogP contribution is 2.07. The minimum Gasteiger partial charge on any atom is -0.198 e. The summed E-state index contributed by atoms with van der Waals surface area (Å²) in [7, 11) is 0. The van der Waals surface area contributed by atoms with Gasteiger partial charge < -0.3 is 0 Å². The third-order valence-corrected chi connectivity index (χ3v) is 2.12. The van der Waals surface area contributed by atoms with Crippen LogP contribution in [0.2, 0.25) is 0 Å². The summed E-state index contributed by atoms with van der Waals surface area (Å²) in [4.78, 5) is 0. The SMILES string of the molecule is Cc1ccc(CCCCC#N)cc1. The molecule has 0 unspecified atom stereocenters. The topological polar surface area (TPSA) is 23.8 Å². The van der Waals surface area contributed by atoms with Gasteiger partial charge in [-0.1, -0.05) is 29.8 Å². The lowest BCUT2D eigenvalue weighted by molar-refractivity contribution is 0.752. The Balaban J connectivity index is 2.30. The van der Waals surface area contributed by atoms with E-state index in [1.807, 2.05) is 0 Å². The third kappa shape index (κ3) is 3.75. The fraction of sp³-hybridized carbons (Fsp3) is 0.417. The summed E-state index contributed by atoms with van der Waals surface area (Å²) < 4.78 is 0. The highest BCUT2D eigenvalue weighted by Gasteiger charge is 1.92. The van der Waals surface area contributed by atoms with Crippen molar-refractivity contribution in [1.82, 2.24) is 0 Å². The van der Waals surface area contributed by atoms with Crippen LogP contribution in [0.25, 0.3) is 0 Å². The summed E-state index contributed by atoms with van der Waals surface area (Å²) in [5, 5.41) is 8.35. The molecular weight excluding hydrogens is 158 g/mol. The number of unbranched alkanes of at least 4 members (excludes halogenated alkanes) is 2. The minimum atomic E-state index is 0.686. The average Bonchev–Trinajstić information content (AvgIpc) is 2.15. The van der Waals surface area contributed by atoms with E-state index in [4.69, 9.17) is 5.26 Å². The van der Waals surface area contributed by atoms with Gasteiger partial charge in [0.25, 0.3) is 0 Å². The summed E-state index contributed by atoms with van der Waals surface area (Å²) in [5.74, 6) is 0. The molecule has 68 valence electrons. The van der Waals surface area contributed by atoms with E-state index in [0.717, 1.165) is 19.3 Å². The molecule has 0 aliphatic heterocycles. The third-order valence-electron chi connectivity index (χ3n) is 2.12. The van der Waals surface area contributed by atoms with Crippen molar-refractivity contribution in [3.05, 3.63) is 35.4 Å². The second kappa shape index (κ2) is 5.37. The number of hydrogen-bond acceptors (Lipinski definition) is 1. The Hall–Kier alpha value is -1.29. The zero-order valence-electron chi connectivity index (χ0n) is 8.09. The lowest BCUT2D eigenvalue weighted by atomic mass is 10.1. The Kier molecular flexibility index (Phi) is 4.05. The molecule has 0 aliphatic rings. The van der Waals surface area contributed by atoms with Crippen LogP contribution < -0.4 is 0 Å². The monoisotopic (exact) mass is 173 g/mol. The van der Waals surface area contributed by atoms with E-state index in [9.17, 15) is 0 Å². The number of hydrogen-bond donors (Lipinski definition) is 0. The summed E-state index contributed by atoms with van der Waals surface area (Å²) in [6.45, 7) is 2.10. The fourth-order valence-electron chi connectivity index (χ4n) is 1.29. The molecule has 0 aliphatic carbocycles. The molecule has 0 spiro atoms. The van der Waals surface area contributed by atoms with E-state index in [2.05, 4.69) is 37.3 Å². The lowest BCUT2D eigenvalue weighted by Crippen LogP contribution is -1.85. The molecule has 0 N–H and O–H groups in total. The molecule has 1 aromatic carbocycles. The average molecular weight is 173 g/mol. The van der Waals surface area contributed by atoms with Gasteiger partial charge in [0.1, 0.15) is 0 Å². The molecule has 0 atom stereocenters. The van der Waals surface area contributed by atoms with Crippen molar-refractivity contribution >= 4 is 0 Å². The summed E-state index contributed by atoms with van der Waals surface area (Å²) in [5.41, 5.74) is 2.68. The van der Waals surface area contributed by atoms with Gasteiger partial charge in [0.15, 0.2) is 0 Å². The van der Waals surface area contributed by atoms with E-state index in [1.54, 1.807) is 0 Å². The first-order chi connectivity index (χ1) is 6.33. The molecule has 0 bridgehead atoms. The molecule has 0 fully saturated rings. The van der Waals surface area contributed by atoms with Gasteiger partial charge in [-0.2, -0.15) is 5.26 Å². The lowest BCUT2D eigenvalue weighted by Gasteiger charge is -1.99. The first-order valence-corrected chi connectivity index (χ1v) is 4.75. The Morgan fingerprint density at radius 2 is 1.85 bits per heavy atom. The smallest absolute Gasteiger partial charge is 0.0621 e. The van der Waals surface area contributed by atoms with E-state index in [0.29, 0.717) is 6.42 Å². The summed E-state index contributed by atoms with van der Waals surface area (Å²) >= 11 is 0. The van der Waals surface area contributed by atoms with E-state index < -0.39 is 0 Å². The molecule has 13 heavy (non-hydrogen) atoms. The molecule has 0 saturated carbocycles. The van der Waals surface area contributed by atoms with Gasteiger partial charge in [-0.3, -0.25) is 0 Å². The van der Waals surface area contributed by atoms with Crippen molar-refractivity contribution in [2.75, 3.05) is 0 Å². The van der Waals surface area contributed by atoms with Gasteiger partial charge in [-0.15, -0.1) is 0 Å². The summed E-state index contributed by atoms with van der Waals surface area (Å²) in [6, 6.07) is 10.8. The number of benzene rings is 1. The number of nitriles is 1. The zero-order valence-corrected chi connectivity index (χ0v) is 8.09. The summed E-state index contributed by atoms with van der Waals surface area (Å²) in [6.07, 6.45) is 3.93. The second-order valence-electron chi connectivity index (χ2n) is 3.35. The fourth-order valence-corrected chi connectivity index (χ4v) is 1.29. The predicted molar refractivity (Wildman–Crippen MR) is 54.3 cm³/mol. The molecule has 0 radical (unpaired) electrons. The molecule has 0 aromatic heterocycles. The van der Waals surface area contributed by atoms with Gasteiger partial charge in [0, 0.05) is 6.42 Å². The van der Waals surface area contributed by atoms with Crippen LogP contribution in [0.5, 0.6) is 0 Å². The normalized spacial score (nSPS) is 9.54. The van der Waals surface area contributed by atoms with E-state index >= 15 is 0 Å². The molecule has 1 rings (SSSR count). The van der Waals surface area contributed by atoms with Crippen molar-refractivity contribution in [1.29, 1.82) is 5.26 Å². The Morgan fingerprint density at radius 1 is 1.15 bits per heavy atom. The van der Waals surface area contributed by atoms with Crippen molar-refractivity contribution in [3.63, 3.8) is 0 Å². The van der Waals surface area contributed by atoms with Crippen LogP contribution in [-0.2, 0) is 6.42 Å². The second-order valence-corrected chi connectivity index (χ2v) is 3.35. The van der Waals surface area contributed by atoms with Crippen LogP contribution in [0.4, 0.5) is 0 Å². The number of rotatable bonds is 4. The van der Waals surface area contributed by atoms with Crippen molar-refractivity contribution in [2.45, 2.75) is 32.6 Å². The largest absolute Gasteiger partial charge is 0.198 e. The molecule has 0 amide bonds. The van der Waals surface area contributed by atoms with Crippen molar-refractivity contribution in [3.8, 4) is 6.07 Å². The van der Waals surface area contributed by atoms with Crippen LogP contribution in [0.3, 0.4) is 0 Å². The van der Waals surface area contributed by atoms with E-state index in [-0.39, 0.29) is 0 Å². The van der Waals surface area contributed by atoms with Crippen molar-refractivity contribution < 1.29 is 0 Å². The highest BCUT2D eigenvalue weighted by atomic mass is 14.2. The predicted octanol–water partition coefficient (Wildman–Crippen LogP) is 3.23. The maximum absolute atomic E-state index is 8.35. The maximum Gasteiger partial charge on any atom is 0.0621 e. The Labute approximate surface area is 80.0 Å². The highest BCUT2D eigenvalue weighted by molar-refractivity contribution is 5.21. The molecule has 1 nitrogen and oxygen atoms in total. The Bertz CT molecular complexity index is 279. The number of aryl methyl sites for hydroxylation is 2. The van der Waals surface area contributed by atoms with Crippen LogP contribution in [0, 0.1) is 18.3 Å². The quantitative estimate of drug-likeness (QED) is 0.641. The molecule has 0 heterocycles. The van der Waals surface area contributed by atoms with Crippen LogP contribution in [0.15, 0.2) is 24.3 Å². The Morgan fingerprint density at radius 3 is 2.46 bits per heavy atom. The van der Waals surface area contributed by atoms with Crippen LogP contribution in [-0.4, -0.2) is 0 Å². The molecule has 0 saturated heterocycles. The van der Waals surface area contributed by atoms with Gasteiger partial charge in [-0.25, -0.2) is 0 Å². The van der Waals surface area contributed by atoms with Crippen molar-refractivity contribution in [2.24, 2.45) is 0 Å². The van der Waals surface area contributed by atoms with Gasteiger partial charge in [-0.05, 0) is 31.7 Å². The van der Waals surface area contributed by atoms with Crippen LogP contribution in [0.1, 0.15) is 30.4 Å². The van der Waals surface area contributed by atoms with E-state index in [1.165, 1.54) is 11.1 Å². The van der Waals surface area contributed by atoms with Gasteiger partial charge >= 0.3 is 0 Å². The molecule has 1 aromatic rings.